The van der Waals surface area contributed by atoms with Crippen molar-refractivity contribution in [2.24, 2.45) is 0 Å². The van der Waals surface area contributed by atoms with Crippen LogP contribution in [-0.4, -0.2) is 111 Å². The summed E-state index contributed by atoms with van der Waals surface area (Å²) in [6.45, 7) is 2.41. The molecule has 0 aliphatic heterocycles. The molecule has 0 saturated heterocycles. The molecule has 0 bridgehead atoms. The van der Waals surface area contributed by atoms with Crippen molar-refractivity contribution >= 4 is 40.2 Å². The first-order chi connectivity index (χ1) is 46.9. The van der Waals surface area contributed by atoms with Crippen molar-refractivity contribution in [2.75, 3.05) is 52.9 Å². The molecule has 96 heavy (non-hydrogen) atoms. The van der Waals surface area contributed by atoms with E-state index in [0.29, 0.717) is 45.3 Å². The average Bonchev–Trinajstić information content (AvgIpc) is 1.80. The molecule has 0 saturated carbocycles. The fourth-order valence-corrected chi connectivity index (χ4v) is 11.9. The van der Waals surface area contributed by atoms with E-state index >= 15 is 0 Å². The van der Waals surface area contributed by atoms with Gasteiger partial charge in [0.1, 0.15) is 31.4 Å². The number of aliphatic hydroxyl groups excluding tert-OH is 1. The largest absolute Gasteiger partial charge is 0.472 e. The van der Waals surface area contributed by atoms with Crippen LogP contribution in [0.1, 0.15) is 322 Å². The van der Waals surface area contributed by atoms with Gasteiger partial charge >= 0.3 is 27.6 Å². The highest BCUT2D eigenvalue weighted by Crippen LogP contribution is 2.45. The van der Waals surface area contributed by atoms with E-state index in [1.54, 1.807) is 0 Å². The van der Waals surface area contributed by atoms with Crippen molar-refractivity contribution in [1.82, 2.24) is 0 Å². The molecule has 0 amide bonds. The lowest BCUT2D eigenvalue weighted by atomic mass is 10.0. The topological polar surface area (TPSA) is 237 Å². The van der Waals surface area contributed by atoms with Crippen LogP contribution in [0.2, 0.25) is 0 Å². The van der Waals surface area contributed by atoms with Gasteiger partial charge in [-0.1, -0.05) is 241 Å². The molecule has 2 unspecified atom stereocenters. The minimum Gasteiger partial charge on any atom is -0.462 e. The third kappa shape index (κ3) is 72.1. The fourth-order valence-electron chi connectivity index (χ4n) is 10.3. The second kappa shape index (κ2) is 73.1. The molecule has 0 rings (SSSR count). The van der Waals surface area contributed by atoms with Gasteiger partial charge in [0.25, 0.3) is 0 Å². The van der Waals surface area contributed by atoms with Crippen molar-refractivity contribution in [3.63, 3.8) is 0 Å². The Morgan fingerprint density at radius 3 is 1.11 bits per heavy atom. The summed E-state index contributed by atoms with van der Waals surface area (Å²) in [5.41, 5.74) is 0. The van der Waals surface area contributed by atoms with Gasteiger partial charge in [0.05, 0.1) is 33.0 Å². The molecule has 0 aliphatic rings. The zero-order chi connectivity index (χ0) is 70.0. The number of aliphatic hydroxyl groups is 1. The van der Waals surface area contributed by atoms with Gasteiger partial charge in [-0.2, -0.15) is 0 Å². The van der Waals surface area contributed by atoms with Crippen LogP contribution in [0, 0.1) is 0 Å². The Morgan fingerprint density at radius 1 is 0.344 bits per heavy atom. The van der Waals surface area contributed by atoms with E-state index in [1.165, 1.54) is 77.0 Å². The Bertz CT molecular complexity index is 2040. The molecule has 3 N–H and O–H groups in total. The van der Waals surface area contributed by atoms with Gasteiger partial charge < -0.3 is 43.4 Å². The lowest BCUT2D eigenvalue weighted by Crippen LogP contribution is -2.30. The van der Waals surface area contributed by atoms with Gasteiger partial charge in [0.15, 0.2) is 6.10 Å². The lowest BCUT2D eigenvalue weighted by molar-refractivity contribution is -0.161. The summed E-state index contributed by atoms with van der Waals surface area (Å²) in [4.78, 5) is 68.0. The number of phosphoric acid groups is 2. The maximum absolute atomic E-state index is 13.1. The van der Waals surface area contributed by atoms with Gasteiger partial charge in [-0.3, -0.25) is 27.7 Å². The molecule has 558 valence electrons. The molecule has 0 radical (unpaired) electrons. The van der Waals surface area contributed by atoms with Crippen LogP contribution in [0.5, 0.6) is 0 Å². The highest BCUT2D eigenvalue weighted by molar-refractivity contribution is 7.47. The zero-order valence-electron chi connectivity index (χ0n) is 60.4. The van der Waals surface area contributed by atoms with Crippen molar-refractivity contribution in [3.05, 3.63) is 72.9 Å². The van der Waals surface area contributed by atoms with Crippen LogP contribution in [0.4, 0.5) is 0 Å². The van der Waals surface area contributed by atoms with Gasteiger partial charge in [0, 0.05) is 38.9 Å². The molecule has 0 spiro atoms. The molecule has 0 aromatic carbocycles. The summed E-state index contributed by atoms with van der Waals surface area (Å²) >= 11 is 0. The molecule has 19 heteroatoms. The summed E-state index contributed by atoms with van der Waals surface area (Å²) in [5.74, 6) is -1.10. The van der Waals surface area contributed by atoms with Crippen molar-refractivity contribution in [3.8, 4) is 0 Å². The van der Waals surface area contributed by atoms with Gasteiger partial charge in [0.2, 0.25) is 0 Å². The normalized spacial score (nSPS) is 14.4. The first-order valence-electron chi connectivity index (χ1n) is 38.1. The second-order valence-corrected chi connectivity index (χ2v) is 28.4. The maximum Gasteiger partial charge on any atom is 0.472 e. The molecule has 0 aliphatic carbocycles. The van der Waals surface area contributed by atoms with Gasteiger partial charge in [-0.25, -0.2) is 9.13 Å². The number of carbonyl (C=O) groups excluding carboxylic acids is 4. The predicted molar refractivity (Wildman–Crippen MR) is 391 cm³/mol. The van der Waals surface area contributed by atoms with Crippen molar-refractivity contribution < 1.29 is 80.2 Å². The molecule has 0 fully saturated rings. The highest BCUT2D eigenvalue weighted by Gasteiger charge is 2.30. The van der Waals surface area contributed by atoms with E-state index < -0.39 is 72.3 Å². The quantitative estimate of drug-likeness (QED) is 0.0169. The Labute approximate surface area is 583 Å². The second-order valence-electron chi connectivity index (χ2n) is 25.5. The Balaban J connectivity index is 5.24. The van der Waals surface area contributed by atoms with E-state index in [2.05, 4.69) is 74.6 Å². The molecule has 0 aromatic rings. The number of hydrogen-bond donors (Lipinski definition) is 3. The minimum atomic E-state index is -4.93. The fraction of sp³-hybridized carbons (Fsp3) is 0.792. The third-order valence-electron chi connectivity index (χ3n) is 16.2. The van der Waals surface area contributed by atoms with E-state index in [4.69, 9.17) is 37.0 Å². The SMILES string of the molecule is CCCCC/C=C\C/C=C\C/C=C\C/C=C\CCCC(=O)O[C@H](COC(=O)CCCCCCCCCCCCCCC)COP(=O)(O)OC[C@H](O)COP(=O)(O)OC[C@@H](COCCCCCCC/C=C\CCCCCCC=O)OCCCCCCC/C=C\CCCCCCC=O. The first kappa shape index (κ1) is 92.8. The van der Waals surface area contributed by atoms with E-state index in [0.717, 1.165) is 199 Å². The number of aldehydes is 2. The zero-order valence-corrected chi connectivity index (χ0v) is 62.2. The van der Waals surface area contributed by atoms with Crippen LogP contribution in [0.15, 0.2) is 72.9 Å². The van der Waals surface area contributed by atoms with Gasteiger partial charge in [-0.15, -0.1) is 0 Å². The van der Waals surface area contributed by atoms with Crippen LogP contribution in [0.3, 0.4) is 0 Å². The summed E-state index contributed by atoms with van der Waals surface area (Å²) in [7, 11) is -9.69. The van der Waals surface area contributed by atoms with Crippen LogP contribution in [0.25, 0.3) is 0 Å². The smallest absolute Gasteiger partial charge is 0.462 e. The Hall–Kier alpha value is -3.18. The number of rotatable bonds is 76. The number of hydrogen-bond acceptors (Lipinski definition) is 15. The van der Waals surface area contributed by atoms with Crippen LogP contribution >= 0.6 is 15.6 Å². The van der Waals surface area contributed by atoms with Crippen LogP contribution < -0.4 is 0 Å². The molecular formula is C77H138O17P2. The molecule has 0 heterocycles. The molecule has 0 aromatic heterocycles. The standard InChI is InChI=1S/C77H138O17P2/c1-3-5-7-9-11-13-15-17-18-19-20-26-32-38-44-50-56-62-77(82)94-75(70-89-76(81)61-55-49-43-37-31-25-16-14-12-10-8-6-4-2)72-93-96(85,86)91-68-73(80)67-90-95(83,84)92-71-74(88-66-60-54-48-42-36-30-24-22-28-34-40-46-52-58-64-79)69-87-65-59-53-47-41-35-29-23-21-27-33-39-45-51-57-63-78/h11,13,17-18,20-24,26,38,44,63-64,73-75,80H,3-10,12,14-16,19,25,27-37,39-43,45-62,65-72H2,1-2H3,(H,83,84)(H,85,86)/b13-11-,18-17-,23-21-,24-22-,26-20-,44-38-/t73-,74-,75-/m1/s1. The van der Waals surface area contributed by atoms with Gasteiger partial charge in [-0.05, 0) is 128 Å². The van der Waals surface area contributed by atoms with Crippen LogP contribution in [-0.2, 0) is 65.4 Å². The Kier molecular flexibility index (Phi) is 70.6. The number of allylic oxidation sites excluding steroid dienone is 12. The number of phosphoric ester groups is 2. The summed E-state index contributed by atoms with van der Waals surface area (Å²) in [6, 6.07) is 0. The summed E-state index contributed by atoms with van der Waals surface area (Å²) in [6.07, 6.45) is 73.0. The van der Waals surface area contributed by atoms with E-state index in [1.807, 2.05) is 12.2 Å². The molecular weight excluding hydrogens is 1260 g/mol. The van der Waals surface area contributed by atoms with E-state index in [-0.39, 0.29) is 26.1 Å². The van der Waals surface area contributed by atoms with E-state index in [9.17, 15) is 43.2 Å². The average molecular weight is 1400 g/mol. The van der Waals surface area contributed by atoms with Crippen molar-refractivity contribution in [1.29, 1.82) is 0 Å². The monoisotopic (exact) mass is 1400 g/mol. The first-order valence-corrected chi connectivity index (χ1v) is 41.1. The predicted octanol–water partition coefficient (Wildman–Crippen LogP) is 21.0. The molecule has 17 nitrogen and oxygen atoms in total. The number of esters is 2. The Morgan fingerprint density at radius 2 is 0.667 bits per heavy atom. The number of unbranched alkanes of at least 4 members (excludes halogenated alkanes) is 36. The van der Waals surface area contributed by atoms with Crippen molar-refractivity contribution in [2.45, 2.75) is 340 Å². The maximum atomic E-state index is 13.1. The summed E-state index contributed by atoms with van der Waals surface area (Å²) in [5, 5.41) is 10.6. The molecule has 5 atom stereocenters. The third-order valence-corrected chi connectivity index (χ3v) is 18.1. The highest BCUT2D eigenvalue weighted by atomic mass is 31.2. The lowest BCUT2D eigenvalue weighted by Gasteiger charge is -2.21. The number of carbonyl (C=O) groups is 4. The minimum absolute atomic E-state index is 0.0432. The number of ether oxygens (including phenoxy) is 4. The summed E-state index contributed by atoms with van der Waals surface area (Å²) < 4.78 is 69.7.